The van der Waals surface area contributed by atoms with E-state index >= 15 is 0 Å². The molecule has 0 saturated carbocycles. The van der Waals surface area contributed by atoms with Crippen molar-refractivity contribution in [3.05, 3.63) is 58.7 Å². The van der Waals surface area contributed by atoms with Crippen LogP contribution in [0.25, 0.3) is 0 Å². The number of nitriles is 1. The van der Waals surface area contributed by atoms with E-state index in [9.17, 15) is 19.6 Å². The van der Waals surface area contributed by atoms with Crippen LogP contribution in [0.1, 0.15) is 59.2 Å². The summed E-state index contributed by atoms with van der Waals surface area (Å²) in [5, 5.41) is 11.5. The maximum Gasteiger partial charge on any atom is 0.255 e. The van der Waals surface area contributed by atoms with Gasteiger partial charge in [-0.15, -0.1) is 0 Å². The highest BCUT2D eigenvalue weighted by molar-refractivity contribution is 6.05. The predicted molar refractivity (Wildman–Crippen MR) is 134 cm³/mol. The Morgan fingerprint density at radius 2 is 1.97 bits per heavy atom. The number of imide groups is 1. The van der Waals surface area contributed by atoms with Crippen LogP contribution in [-0.2, 0) is 22.7 Å². The molecule has 0 bridgehead atoms. The van der Waals surface area contributed by atoms with Crippen LogP contribution in [0.3, 0.4) is 0 Å². The topological polar surface area (TPSA) is 112 Å². The van der Waals surface area contributed by atoms with Crippen LogP contribution in [0.2, 0.25) is 0 Å². The average Bonchev–Trinajstić information content (AvgIpc) is 3.23. The molecule has 9 nitrogen and oxygen atoms in total. The first-order chi connectivity index (χ1) is 18.0. The lowest BCUT2D eigenvalue weighted by atomic mass is 10.0. The molecule has 2 saturated heterocycles. The Labute approximate surface area is 215 Å². The third-order valence-corrected chi connectivity index (χ3v) is 7.48. The molecule has 192 valence electrons. The van der Waals surface area contributed by atoms with E-state index in [1.54, 1.807) is 24.1 Å². The predicted octanol–water partition coefficient (Wildman–Crippen LogP) is 2.76. The summed E-state index contributed by atoms with van der Waals surface area (Å²) in [5.41, 5.74) is 3.02. The van der Waals surface area contributed by atoms with Gasteiger partial charge in [-0.25, -0.2) is 0 Å². The van der Waals surface area contributed by atoms with Crippen LogP contribution < -0.4 is 14.8 Å². The molecule has 3 heterocycles. The number of likely N-dealkylation sites (tertiary alicyclic amines) is 1. The van der Waals surface area contributed by atoms with E-state index in [0.29, 0.717) is 48.7 Å². The van der Waals surface area contributed by atoms with Gasteiger partial charge in [0, 0.05) is 36.7 Å². The first kappa shape index (κ1) is 24.8. The first-order valence-corrected chi connectivity index (χ1v) is 12.7. The minimum Gasteiger partial charge on any atom is -0.496 e. The second kappa shape index (κ2) is 10.6. The number of amides is 3. The minimum absolute atomic E-state index is 0.189. The van der Waals surface area contributed by atoms with Crippen molar-refractivity contribution in [3.63, 3.8) is 0 Å². The van der Waals surface area contributed by atoms with E-state index < -0.39 is 11.9 Å². The van der Waals surface area contributed by atoms with E-state index in [4.69, 9.17) is 9.47 Å². The number of benzene rings is 2. The lowest BCUT2D eigenvalue weighted by molar-refractivity contribution is -0.136. The van der Waals surface area contributed by atoms with Gasteiger partial charge in [0.15, 0.2) is 0 Å². The third kappa shape index (κ3) is 5.16. The number of nitrogens with zero attached hydrogens (tertiary/aromatic N) is 3. The highest BCUT2D eigenvalue weighted by Gasteiger charge is 2.39. The molecule has 0 radical (unpaired) electrons. The number of nitrogens with one attached hydrogen (secondary N) is 1. The molecular formula is C28H30N4O5. The molecule has 9 heteroatoms. The van der Waals surface area contributed by atoms with Crippen molar-refractivity contribution in [2.24, 2.45) is 0 Å². The number of carbonyl (C=O) groups is 3. The molecule has 1 unspecified atom stereocenters. The van der Waals surface area contributed by atoms with Crippen LogP contribution in [-0.4, -0.2) is 59.9 Å². The van der Waals surface area contributed by atoms with Crippen LogP contribution in [0.15, 0.2) is 36.4 Å². The Kier molecular flexibility index (Phi) is 7.10. The van der Waals surface area contributed by atoms with Gasteiger partial charge in [0.25, 0.3) is 5.91 Å². The van der Waals surface area contributed by atoms with Crippen LogP contribution in [0, 0.1) is 11.3 Å². The van der Waals surface area contributed by atoms with E-state index in [-0.39, 0.29) is 24.3 Å². The van der Waals surface area contributed by atoms with E-state index in [2.05, 4.69) is 16.3 Å². The van der Waals surface area contributed by atoms with Gasteiger partial charge < -0.3 is 14.4 Å². The fourth-order valence-electron chi connectivity index (χ4n) is 5.45. The summed E-state index contributed by atoms with van der Waals surface area (Å²) >= 11 is 0. The highest BCUT2D eigenvalue weighted by atomic mass is 16.5. The molecule has 2 aromatic rings. The van der Waals surface area contributed by atoms with Crippen molar-refractivity contribution in [1.82, 2.24) is 15.1 Å². The van der Waals surface area contributed by atoms with E-state index in [1.165, 1.54) is 0 Å². The molecule has 0 aliphatic carbocycles. The first-order valence-electron chi connectivity index (χ1n) is 12.7. The zero-order valence-electron chi connectivity index (χ0n) is 20.9. The van der Waals surface area contributed by atoms with E-state index in [0.717, 1.165) is 36.9 Å². The van der Waals surface area contributed by atoms with Crippen molar-refractivity contribution >= 4 is 17.7 Å². The molecule has 2 fully saturated rings. The van der Waals surface area contributed by atoms with Crippen molar-refractivity contribution in [2.45, 2.75) is 57.3 Å². The van der Waals surface area contributed by atoms with Gasteiger partial charge in [0.1, 0.15) is 24.1 Å². The van der Waals surface area contributed by atoms with Gasteiger partial charge in [-0.1, -0.05) is 12.5 Å². The van der Waals surface area contributed by atoms with Crippen molar-refractivity contribution < 1.29 is 23.9 Å². The zero-order chi connectivity index (χ0) is 25.9. The maximum absolute atomic E-state index is 12.9. The molecule has 3 aliphatic heterocycles. The summed E-state index contributed by atoms with van der Waals surface area (Å²) in [6, 6.07) is 12.8. The third-order valence-electron chi connectivity index (χ3n) is 7.48. The number of piperidine rings is 2. The molecule has 2 atom stereocenters. The largest absolute Gasteiger partial charge is 0.496 e. The lowest BCUT2D eigenvalue weighted by Crippen LogP contribution is -2.52. The summed E-state index contributed by atoms with van der Waals surface area (Å²) in [6.07, 6.45) is 3.85. The van der Waals surface area contributed by atoms with Gasteiger partial charge >= 0.3 is 0 Å². The fourth-order valence-corrected chi connectivity index (χ4v) is 5.45. The number of ether oxygens (including phenoxy) is 2. The van der Waals surface area contributed by atoms with Gasteiger partial charge in [-0.05, 0) is 61.7 Å². The number of hydrogen-bond acceptors (Lipinski definition) is 7. The standard InChI is InChI=1S/C28H30N4O5/c1-36-25-12-18(14-29)5-6-19(25)15-31-11-3-2-4-21(31)17-37-22-7-8-23-20(13-22)16-32(28(23)35)24-9-10-26(33)30-27(24)34/h5-8,12-13,21,24H,2-4,9-11,15-17H2,1H3,(H,30,33,34)/t21-,24?/m0/s1. The zero-order valence-corrected chi connectivity index (χ0v) is 20.9. The maximum atomic E-state index is 12.9. The molecule has 5 rings (SSSR count). The second-order valence-corrected chi connectivity index (χ2v) is 9.79. The molecule has 1 N–H and O–H groups in total. The van der Waals surface area contributed by atoms with Crippen molar-refractivity contribution in [2.75, 3.05) is 20.3 Å². The van der Waals surface area contributed by atoms with Crippen molar-refractivity contribution in [3.8, 4) is 17.6 Å². The SMILES string of the molecule is COc1cc(C#N)ccc1CN1CCCC[C@H]1COc1ccc2c(c1)CN(C1CCC(=O)NC1=O)C2=O. The van der Waals surface area contributed by atoms with Crippen LogP contribution in [0.5, 0.6) is 11.5 Å². The number of fused-ring (bicyclic) bond motifs is 1. The smallest absolute Gasteiger partial charge is 0.255 e. The average molecular weight is 503 g/mol. The number of carbonyl (C=O) groups excluding carboxylic acids is 3. The van der Waals surface area contributed by atoms with Crippen LogP contribution >= 0.6 is 0 Å². The molecule has 37 heavy (non-hydrogen) atoms. The minimum atomic E-state index is -0.628. The summed E-state index contributed by atoms with van der Waals surface area (Å²) in [5.74, 6) is 0.512. The molecule has 2 aromatic carbocycles. The van der Waals surface area contributed by atoms with Crippen LogP contribution in [0.4, 0.5) is 0 Å². The Morgan fingerprint density at radius 3 is 2.76 bits per heavy atom. The Bertz CT molecular complexity index is 1270. The highest BCUT2D eigenvalue weighted by Crippen LogP contribution is 2.31. The van der Waals surface area contributed by atoms with Gasteiger partial charge in [0.2, 0.25) is 11.8 Å². The normalized spacial score (nSPS) is 21.8. The number of rotatable bonds is 7. The van der Waals surface area contributed by atoms with E-state index in [1.807, 2.05) is 24.3 Å². The summed E-state index contributed by atoms with van der Waals surface area (Å²) in [6.45, 7) is 2.51. The second-order valence-electron chi connectivity index (χ2n) is 9.79. The Hall–Kier alpha value is -3.90. The summed E-state index contributed by atoms with van der Waals surface area (Å²) in [4.78, 5) is 40.7. The van der Waals surface area contributed by atoms with Crippen molar-refractivity contribution in [1.29, 1.82) is 5.26 Å². The molecule has 0 spiro atoms. The van der Waals surface area contributed by atoms with Gasteiger partial charge in [-0.3, -0.25) is 24.6 Å². The monoisotopic (exact) mass is 502 g/mol. The molecule has 0 aromatic heterocycles. The summed E-state index contributed by atoms with van der Waals surface area (Å²) < 4.78 is 11.7. The molecule has 3 aliphatic rings. The number of methoxy groups -OCH3 is 1. The summed E-state index contributed by atoms with van der Waals surface area (Å²) in [7, 11) is 1.62. The number of hydrogen-bond donors (Lipinski definition) is 1. The fraction of sp³-hybridized carbons (Fsp3) is 0.429. The molecular weight excluding hydrogens is 472 g/mol. The van der Waals surface area contributed by atoms with Gasteiger partial charge in [0.05, 0.1) is 18.7 Å². The van der Waals surface area contributed by atoms with Gasteiger partial charge in [-0.2, -0.15) is 5.26 Å². The molecule has 3 amide bonds. The lowest BCUT2D eigenvalue weighted by Gasteiger charge is -2.35. The Balaban J connectivity index is 1.24. The quantitative estimate of drug-likeness (QED) is 0.580. The Morgan fingerprint density at radius 1 is 1.11 bits per heavy atom.